The van der Waals surface area contributed by atoms with Crippen LogP contribution in [0.2, 0.25) is 0 Å². The number of rotatable bonds is 5. The third-order valence-electron chi connectivity index (χ3n) is 4.53. The predicted molar refractivity (Wildman–Crippen MR) is 100 cm³/mol. The molecule has 1 atom stereocenters. The molecule has 0 unspecified atom stereocenters. The maximum absolute atomic E-state index is 12.4. The van der Waals surface area contributed by atoms with Crippen molar-refractivity contribution in [3.05, 3.63) is 47.1 Å². The molecule has 1 N–H and O–H groups in total. The van der Waals surface area contributed by atoms with Gasteiger partial charge in [0.2, 0.25) is 5.91 Å². The van der Waals surface area contributed by atoms with Crippen LogP contribution in [0, 0.1) is 0 Å². The van der Waals surface area contributed by atoms with Gasteiger partial charge in [0.05, 0.1) is 12.3 Å². The van der Waals surface area contributed by atoms with Crippen molar-refractivity contribution < 1.29 is 14.3 Å². The van der Waals surface area contributed by atoms with Crippen LogP contribution in [0.25, 0.3) is 10.9 Å². The highest BCUT2D eigenvalue weighted by molar-refractivity contribution is 7.16. The zero-order valence-electron chi connectivity index (χ0n) is 14.4. The minimum absolute atomic E-state index is 0.133. The quantitative estimate of drug-likeness (QED) is 0.700. The largest absolute Gasteiger partial charge is 0.465 e. The molecular formula is C19H19N3O3S. The molecule has 2 heterocycles. The smallest absolute Gasteiger partial charge is 0.315 e. The van der Waals surface area contributed by atoms with E-state index in [0.29, 0.717) is 11.7 Å². The van der Waals surface area contributed by atoms with Gasteiger partial charge in [-0.3, -0.25) is 9.59 Å². The molecule has 134 valence electrons. The standard InChI is InChI=1S/C19H19N3O3S/c1-2-25-18(24)13-7-8-15-17(13)21-19(26-15)20-16(23)11-22-10-9-12-5-3-4-6-14(12)22/h3-6,9-10,13H,2,7-8,11H2,1H3,(H,20,21,23)/t13-/m1/s1. The van der Waals surface area contributed by atoms with E-state index < -0.39 is 0 Å². The van der Waals surface area contributed by atoms with Crippen LogP contribution < -0.4 is 5.32 Å². The first-order valence-electron chi connectivity index (χ1n) is 8.65. The van der Waals surface area contributed by atoms with Crippen molar-refractivity contribution in [3.8, 4) is 0 Å². The van der Waals surface area contributed by atoms with Crippen molar-refractivity contribution in [2.24, 2.45) is 0 Å². The molecule has 1 aliphatic carbocycles. The molecule has 0 radical (unpaired) electrons. The third kappa shape index (κ3) is 3.10. The van der Waals surface area contributed by atoms with Crippen LogP contribution in [0.5, 0.6) is 0 Å². The Bertz CT molecular complexity index is 975. The maximum atomic E-state index is 12.4. The molecule has 2 aromatic heterocycles. The lowest BCUT2D eigenvalue weighted by Crippen LogP contribution is -2.18. The first-order valence-corrected chi connectivity index (χ1v) is 9.47. The highest BCUT2D eigenvalue weighted by Gasteiger charge is 2.33. The number of para-hydroxylation sites is 1. The molecule has 1 aromatic carbocycles. The number of esters is 1. The number of carbonyl (C=O) groups is 2. The van der Waals surface area contributed by atoms with Gasteiger partial charge in [-0.15, -0.1) is 11.3 Å². The highest BCUT2D eigenvalue weighted by Crippen LogP contribution is 2.38. The number of ether oxygens (including phenoxy) is 1. The van der Waals surface area contributed by atoms with Gasteiger partial charge in [0.1, 0.15) is 12.5 Å². The van der Waals surface area contributed by atoms with Crippen molar-refractivity contribution in [2.45, 2.75) is 32.2 Å². The lowest BCUT2D eigenvalue weighted by molar-refractivity contribution is -0.145. The first kappa shape index (κ1) is 16.8. The second kappa shape index (κ2) is 6.92. The Labute approximate surface area is 154 Å². The fourth-order valence-corrected chi connectivity index (χ4v) is 4.40. The first-order chi connectivity index (χ1) is 12.7. The molecule has 1 amide bonds. The molecule has 3 aromatic rings. The molecule has 0 bridgehead atoms. The Morgan fingerprint density at radius 1 is 1.35 bits per heavy atom. The summed E-state index contributed by atoms with van der Waals surface area (Å²) in [6.07, 6.45) is 3.44. The molecular weight excluding hydrogens is 350 g/mol. The van der Waals surface area contributed by atoms with Crippen molar-refractivity contribution in [2.75, 3.05) is 11.9 Å². The molecule has 7 heteroatoms. The molecule has 0 spiro atoms. The summed E-state index contributed by atoms with van der Waals surface area (Å²) in [5.74, 6) is -0.667. The molecule has 1 aliphatic rings. The second-order valence-electron chi connectivity index (χ2n) is 6.22. The number of thiazole rings is 1. The molecule has 0 saturated carbocycles. The molecule has 0 saturated heterocycles. The summed E-state index contributed by atoms with van der Waals surface area (Å²) >= 11 is 1.45. The molecule has 4 rings (SSSR count). The van der Waals surface area contributed by atoms with E-state index in [9.17, 15) is 9.59 Å². The van der Waals surface area contributed by atoms with Crippen LogP contribution in [0.4, 0.5) is 5.13 Å². The number of amides is 1. The van der Waals surface area contributed by atoms with E-state index in [1.165, 1.54) is 11.3 Å². The van der Waals surface area contributed by atoms with Gasteiger partial charge in [-0.25, -0.2) is 4.98 Å². The number of benzene rings is 1. The van der Waals surface area contributed by atoms with Crippen LogP contribution in [0.1, 0.15) is 29.8 Å². The minimum Gasteiger partial charge on any atom is -0.465 e. The van der Waals surface area contributed by atoms with E-state index in [2.05, 4.69) is 10.3 Å². The number of hydrogen-bond donors (Lipinski definition) is 1. The Kier molecular flexibility index (Phi) is 4.46. The van der Waals surface area contributed by atoms with E-state index in [0.717, 1.165) is 34.3 Å². The van der Waals surface area contributed by atoms with E-state index in [1.807, 2.05) is 41.1 Å². The summed E-state index contributed by atoms with van der Waals surface area (Å²) in [5, 5.41) is 4.51. The lowest BCUT2D eigenvalue weighted by Gasteiger charge is -2.08. The zero-order chi connectivity index (χ0) is 18.1. The average molecular weight is 369 g/mol. The van der Waals surface area contributed by atoms with Crippen molar-refractivity contribution >= 4 is 39.2 Å². The SMILES string of the molecule is CCOC(=O)[C@@H]1CCc2sc(NC(=O)Cn3ccc4ccccc43)nc21. The van der Waals surface area contributed by atoms with E-state index in [-0.39, 0.29) is 24.3 Å². The van der Waals surface area contributed by atoms with Gasteiger partial charge in [-0.1, -0.05) is 18.2 Å². The van der Waals surface area contributed by atoms with Crippen molar-refractivity contribution in [1.29, 1.82) is 0 Å². The fourth-order valence-electron chi connectivity index (χ4n) is 3.34. The number of aromatic nitrogens is 2. The monoisotopic (exact) mass is 369 g/mol. The van der Waals surface area contributed by atoms with Crippen LogP contribution in [0.15, 0.2) is 36.5 Å². The number of aryl methyl sites for hydroxylation is 1. The Morgan fingerprint density at radius 2 is 2.19 bits per heavy atom. The Morgan fingerprint density at radius 3 is 3.04 bits per heavy atom. The van der Waals surface area contributed by atoms with Crippen molar-refractivity contribution in [1.82, 2.24) is 9.55 Å². The van der Waals surface area contributed by atoms with Gasteiger partial charge >= 0.3 is 5.97 Å². The molecule has 6 nitrogen and oxygen atoms in total. The fraction of sp³-hybridized carbons (Fsp3) is 0.316. The van der Waals surface area contributed by atoms with Crippen LogP contribution in [-0.2, 0) is 27.3 Å². The Hall–Kier alpha value is -2.67. The van der Waals surface area contributed by atoms with Gasteiger partial charge in [-0.05, 0) is 37.3 Å². The molecule has 0 fully saturated rings. The van der Waals surface area contributed by atoms with Gasteiger partial charge in [0.25, 0.3) is 0 Å². The number of fused-ring (bicyclic) bond motifs is 2. The maximum Gasteiger partial charge on any atom is 0.315 e. The number of nitrogens with zero attached hydrogens (tertiary/aromatic N) is 2. The molecule has 26 heavy (non-hydrogen) atoms. The number of carbonyl (C=O) groups excluding carboxylic acids is 2. The molecule has 0 aliphatic heterocycles. The van der Waals surface area contributed by atoms with Gasteiger partial charge in [0.15, 0.2) is 5.13 Å². The third-order valence-corrected chi connectivity index (χ3v) is 5.58. The summed E-state index contributed by atoms with van der Waals surface area (Å²) in [5.41, 5.74) is 1.78. The summed E-state index contributed by atoms with van der Waals surface area (Å²) in [6.45, 7) is 2.38. The summed E-state index contributed by atoms with van der Waals surface area (Å²) in [4.78, 5) is 30.0. The van der Waals surface area contributed by atoms with Crippen molar-refractivity contribution in [3.63, 3.8) is 0 Å². The predicted octanol–water partition coefficient (Wildman–Crippen LogP) is 3.33. The summed E-state index contributed by atoms with van der Waals surface area (Å²) in [7, 11) is 0. The van der Waals surface area contributed by atoms with E-state index >= 15 is 0 Å². The average Bonchev–Trinajstić information content (AvgIpc) is 3.29. The highest BCUT2D eigenvalue weighted by atomic mass is 32.1. The number of hydrogen-bond acceptors (Lipinski definition) is 5. The Balaban J connectivity index is 1.46. The summed E-state index contributed by atoms with van der Waals surface area (Å²) in [6, 6.07) is 9.93. The normalized spacial score (nSPS) is 15.8. The lowest BCUT2D eigenvalue weighted by atomic mass is 10.1. The van der Waals surface area contributed by atoms with E-state index in [1.54, 1.807) is 6.92 Å². The van der Waals surface area contributed by atoms with Crippen LogP contribution in [0.3, 0.4) is 0 Å². The van der Waals surface area contributed by atoms with Gasteiger partial charge < -0.3 is 14.6 Å². The van der Waals surface area contributed by atoms with Crippen LogP contribution >= 0.6 is 11.3 Å². The second-order valence-corrected chi connectivity index (χ2v) is 7.30. The number of nitrogens with one attached hydrogen (secondary N) is 1. The number of anilines is 1. The minimum atomic E-state index is -0.305. The van der Waals surface area contributed by atoms with E-state index in [4.69, 9.17) is 4.74 Å². The van der Waals surface area contributed by atoms with Crippen LogP contribution in [-0.4, -0.2) is 28.0 Å². The summed E-state index contributed by atoms with van der Waals surface area (Å²) < 4.78 is 7.03. The topological polar surface area (TPSA) is 73.2 Å². The van der Waals surface area contributed by atoms with Gasteiger partial charge in [-0.2, -0.15) is 0 Å². The van der Waals surface area contributed by atoms with Gasteiger partial charge in [0, 0.05) is 16.6 Å². The zero-order valence-corrected chi connectivity index (χ0v) is 15.2.